The molecule has 2 N–H and O–H groups in total. The molecular weight excluding hydrogens is 363 g/mol. The predicted octanol–water partition coefficient (Wildman–Crippen LogP) is 3.52. The highest BCUT2D eigenvalue weighted by atomic mass is 19.1. The minimum atomic E-state index is -1.20. The zero-order valence-corrected chi connectivity index (χ0v) is 17.3. The summed E-state index contributed by atoms with van der Waals surface area (Å²) >= 11 is 0. The number of alkyl halides is 1. The van der Waals surface area contributed by atoms with Gasteiger partial charge in [0.05, 0.1) is 11.9 Å². The molecule has 1 fully saturated rings. The van der Waals surface area contributed by atoms with Gasteiger partial charge in [0.1, 0.15) is 0 Å². The Morgan fingerprint density at radius 3 is 2.57 bits per heavy atom. The van der Waals surface area contributed by atoms with Crippen LogP contribution in [0.1, 0.15) is 53.7 Å². The average Bonchev–Trinajstić information content (AvgIpc) is 3.21. The van der Waals surface area contributed by atoms with Gasteiger partial charge < -0.3 is 10.1 Å². The average molecular weight is 392 g/mol. The summed E-state index contributed by atoms with van der Waals surface area (Å²) in [7, 11) is 1.71. The van der Waals surface area contributed by atoms with Crippen molar-refractivity contribution in [1.82, 2.24) is 19.5 Å². The van der Waals surface area contributed by atoms with Crippen molar-refractivity contribution in [2.75, 3.05) is 17.7 Å². The maximum atomic E-state index is 15.2. The first kappa shape index (κ1) is 20.4. The first-order chi connectivity index (χ1) is 13.3. The fourth-order valence-electron chi connectivity index (χ4n) is 3.81. The van der Waals surface area contributed by atoms with Crippen LogP contribution in [0.4, 0.5) is 16.2 Å². The minimum absolute atomic E-state index is 0.149. The van der Waals surface area contributed by atoms with Crippen molar-refractivity contribution in [1.29, 1.82) is 0 Å². The van der Waals surface area contributed by atoms with Crippen LogP contribution in [-0.4, -0.2) is 44.2 Å². The van der Waals surface area contributed by atoms with E-state index in [0.29, 0.717) is 17.0 Å². The molecule has 0 unspecified atom stereocenters. The molecule has 0 aliphatic carbocycles. The third-order valence-electron chi connectivity index (χ3n) is 5.82. The van der Waals surface area contributed by atoms with Crippen LogP contribution in [-0.2, 0) is 9.53 Å². The lowest BCUT2D eigenvalue weighted by Gasteiger charge is -2.30. The van der Waals surface area contributed by atoms with Crippen molar-refractivity contribution in [3.8, 4) is 0 Å². The number of ether oxygens (including phenoxy) is 1. The molecule has 3 heterocycles. The minimum Gasteiger partial charge on any atom is -0.371 e. The first-order valence-corrected chi connectivity index (χ1v) is 9.83. The third kappa shape index (κ3) is 3.21. The third-order valence-corrected chi connectivity index (χ3v) is 5.82. The standard InChI is InChI=1S/C19H29FN6O2/c1-7-19(8-2)11(5)12(20)17(28-19)26-9-22-13-14(21-6)23-18(24-15(13)26)25-16(27)10(3)4/h9-12,17H,7-8H2,1-6H3,(H2,21,23,24,25,27)/t11-,12+,17+/m0/s1. The number of anilines is 2. The van der Waals surface area contributed by atoms with Crippen LogP contribution in [0.2, 0.25) is 0 Å². The van der Waals surface area contributed by atoms with Crippen LogP contribution in [0.5, 0.6) is 0 Å². The van der Waals surface area contributed by atoms with Crippen molar-refractivity contribution >= 4 is 28.8 Å². The van der Waals surface area contributed by atoms with Crippen LogP contribution >= 0.6 is 0 Å². The summed E-state index contributed by atoms with van der Waals surface area (Å²) in [5.74, 6) is -0.0584. The Kier molecular flexibility index (Phi) is 5.56. The largest absolute Gasteiger partial charge is 0.371 e. The number of carbonyl (C=O) groups is 1. The summed E-state index contributed by atoms with van der Waals surface area (Å²) in [6, 6.07) is 0. The summed E-state index contributed by atoms with van der Waals surface area (Å²) in [5.41, 5.74) is 0.397. The second-order valence-electron chi connectivity index (χ2n) is 7.63. The molecular formula is C19H29FN6O2. The van der Waals surface area contributed by atoms with Gasteiger partial charge in [-0.05, 0) is 12.8 Å². The molecule has 28 heavy (non-hydrogen) atoms. The molecule has 1 aliphatic heterocycles. The molecule has 1 saturated heterocycles. The van der Waals surface area contributed by atoms with E-state index in [9.17, 15) is 4.79 Å². The molecule has 2 aromatic heterocycles. The Balaban J connectivity index is 2.06. The molecule has 0 bridgehead atoms. The summed E-state index contributed by atoms with van der Waals surface area (Å²) in [6.07, 6.45) is 0.952. The number of nitrogens with zero attached hydrogens (tertiary/aromatic N) is 4. The monoisotopic (exact) mass is 392 g/mol. The lowest BCUT2D eigenvalue weighted by Crippen LogP contribution is -2.34. The Morgan fingerprint density at radius 1 is 1.36 bits per heavy atom. The van der Waals surface area contributed by atoms with Crippen molar-refractivity contribution in [3.63, 3.8) is 0 Å². The van der Waals surface area contributed by atoms with Gasteiger partial charge in [-0.3, -0.25) is 14.7 Å². The fraction of sp³-hybridized carbons (Fsp3) is 0.684. The second-order valence-corrected chi connectivity index (χ2v) is 7.63. The van der Waals surface area contributed by atoms with Crippen LogP contribution in [0.15, 0.2) is 6.33 Å². The zero-order valence-electron chi connectivity index (χ0n) is 17.3. The normalized spacial score (nSPS) is 24.1. The van der Waals surface area contributed by atoms with E-state index in [-0.39, 0.29) is 23.7 Å². The second kappa shape index (κ2) is 7.62. The van der Waals surface area contributed by atoms with E-state index in [2.05, 4.69) is 25.6 Å². The lowest BCUT2D eigenvalue weighted by atomic mass is 9.83. The molecule has 154 valence electrons. The van der Waals surface area contributed by atoms with Crippen LogP contribution < -0.4 is 10.6 Å². The number of hydrogen-bond donors (Lipinski definition) is 2. The number of halogens is 1. The number of fused-ring (bicyclic) bond motifs is 1. The molecule has 3 atom stereocenters. The molecule has 0 spiro atoms. The topological polar surface area (TPSA) is 94.0 Å². The lowest BCUT2D eigenvalue weighted by molar-refractivity contribution is -0.118. The first-order valence-electron chi connectivity index (χ1n) is 9.83. The smallest absolute Gasteiger partial charge is 0.233 e. The number of aromatic nitrogens is 4. The van der Waals surface area contributed by atoms with Gasteiger partial charge >= 0.3 is 0 Å². The van der Waals surface area contributed by atoms with E-state index in [1.54, 1.807) is 25.5 Å². The molecule has 0 radical (unpaired) electrons. The summed E-state index contributed by atoms with van der Waals surface area (Å²) in [4.78, 5) is 25.2. The maximum Gasteiger partial charge on any atom is 0.233 e. The van der Waals surface area contributed by atoms with E-state index in [1.807, 2.05) is 20.8 Å². The van der Waals surface area contributed by atoms with Gasteiger partial charge in [-0.15, -0.1) is 0 Å². The molecule has 1 aliphatic rings. The van der Waals surface area contributed by atoms with Crippen LogP contribution in [0.25, 0.3) is 11.2 Å². The van der Waals surface area contributed by atoms with Gasteiger partial charge in [-0.1, -0.05) is 34.6 Å². The molecule has 9 heteroatoms. The van der Waals surface area contributed by atoms with E-state index in [1.165, 1.54) is 6.33 Å². The van der Waals surface area contributed by atoms with Crippen LogP contribution in [0.3, 0.4) is 0 Å². The van der Waals surface area contributed by atoms with E-state index in [4.69, 9.17) is 4.74 Å². The number of amides is 1. The molecule has 3 rings (SSSR count). The highest BCUT2D eigenvalue weighted by Gasteiger charge is 2.52. The van der Waals surface area contributed by atoms with Gasteiger partial charge in [-0.25, -0.2) is 9.37 Å². The van der Waals surface area contributed by atoms with Crippen LogP contribution in [0, 0.1) is 11.8 Å². The van der Waals surface area contributed by atoms with Crippen molar-refractivity contribution in [2.24, 2.45) is 11.8 Å². The Bertz CT molecular complexity index is 863. The Hall–Kier alpha value is -2.29. The van der Waals surface area contributed by atoms with Crippen molar-refractivity contribution < 1.29 is 13.9 Å². The van der Waals surface area contributed by atoms with E-state index in [0.717, 1.165) is 12.8 Å². The summed E-state index contributed by atoms with van der Waals surface area (Å²) in [5, 5.41) is 5.66. The van der Waals surface area contributed by atoms with E-state index >= 15 is 4.39 Å². The molecule has 2 aromatic rings. The van der Waals surface area contributed by atoms with Gasteiger partial charge in [-0.2, -0.15) is 9.97 Å². The van der Waals surface area contributed by atoms with Crippen molar-refractivity contribution in [2.45, 2.75) is 65.5 Å². The summed E-state index contributed by atoms with van der Waals surface area (Å²) < 4.78 is 23.1. The molecule has 0 saturated carbocycles. The quantitative estimate of drug-likeness (QED) is 0.781. The number of hydrogen-bond acceptors (Lipinski definition) is 6. The predicted molar refractivity (Wildman–Crippen MR) is 106 cm³/mol. The highest BCUT2D eigenvalue weighted by molar-refractivity contribution is 5.92. The fourth-order valence-corrected chi connectivity index (χ4v) is 3.81. The Morgan fingerprint density at radius 2 is 2.04 bits per heavy atom. The van der Waals surface area contributed by atoms with Gasteiger partial charge in [0.25, 0.3) is 0 Å². The van der Waals surface area contributed by atoms with E-state index < -0.39 is 18.0 Å². The number of imidazole rings is 1. The summed E-state index contributed by atoms with van der Waals surface area (Å²) in [6.45, 7) is 9.49. The molecule has 8 nitrogen and oxygen atoms in total. The number of rotatable bonds is 6. The number of carbonyl (C=O) groups excluding carboxylic acids is 1. The SMILES string of the molecule is CCC1(CC)O[C@@H](n2cnc3c(NC)nc(NC(=O)C(C)C)nc32)[C@H](F)[C@@H]1C. The molecule has 1 amide bonds. The van der Waals surface area contributed by atoms with Gasteiger partial charge in [0.15, 0.2) is 29.4 Å². The van der Waals surface area contributed by atoms with Gasteiger partial charge in [0.2, 0.25) is 11.9 Å². The zero-order chi connectivity index (χ0) is 20.6. The Labute approximate surface area is 164 Å². The highest BCUT2D eigenvalue weighted by Crippen LogP contribution is 2.47. The molecule has 0 aromatic carbocycles. The van der Waals surface area contributed by atoms with Gasteiger partial charge in [0, 0.05) is 18.9 Å². The van der Waals surface area contributed by atoms with Crippen molar-refractivity contribution in [3.05, 3.63) is 6.33 Å². The number of nitrogens with one attached hydrogen (secondary N) is 2. The maximum absolute atomic E-state index is 15.2.